The summed E-state index contributed by atoms with van der Waals surface area (Å²) in [6.45, 7) is 4.01. The molecular weight excluding hydrogens is 226 g/mol. The molecule has 0 spiro atoms. The van der Waals surface area contributed by atoms with E-state index in [0.717, 1.165) is 12.8 Å². The van der Waals surface area contributed by atoms with E-state index in [1.54, 1.807) is 0 Å². The minimum absolute atomic E-state index is 0.0414. The molecule has 3 heteroatoms. The fraction of sp³-hybridized carbons (Fsp3) is 0.533. The van der Waals surface area contributed by atoms with Gasteiger partial charge in [-0.05, 0) is 30.7 Å². The molecule has 0 heterocycles. The number of rotatable bonds is 6. The van der Waals surface area contributed by atoms with E-state index in [-0.39, 0.29) is 17.4 Å². The molecule has 0 aliphatic carbocycles. The summed E-state index contributed by atoms with van der Waals surface area (Å²) in [5.41, 5.74) is 7.08. The van der Waals surface area contributed by atoms with Crippen LogP contribution in [0.2, 0.25) is 0 Å². The third-order valence-corrected chi connectivity index (χ3v) is 3.70. The molecule has 3 nitrogen and oxygen atoms in total. The minimum atomic E-state index is -0.219. The summed E-state index contributed by atoms with van der Waals surface area (Å²) in [7, 11) is 1.42. The van der Waals surface area contributed by atoms with Gasteiger partial charge in [-0.25, -0.2) is 0 Å². The van der Waals surface area contributed by atoms with Crippen molar-refractivity contribution in [3.63, 3.8) is 0 Å². The van der Waals surface area contributed by atoms with Crippen molar-refractivity contribution in [2.24, 2.45) is 11.1 Å². The summed E-state index contributed by atoms with van der Waals surface area (Å²) in [4.78, 5) is 11.5. The van der Waals surface area contributed by atoms with E-state index in [4.69, 9.17) is 10.5 Å². The second-order valence-corrected chi connectivity index (χ2v) is 5.18. The Kier molecular flexibility index (Phi) is 5.35. The topological polar surface area (TPSA) is 52.3 Å². The number of aryl methyl sites for hydroxylation is 1. The first-order chi connectivity index (χ1) is 8.48. The molecule has 2 N–H and O–H groups in total. The van der Waals surface area contributed by atoms with Crippen LogP contribution in [0.5, 0.6) is 0 Å². The van der Waals surface area contributed by atoms with Crippen molar-refractivity contribution >= 4 is 5.97 Å². The number of hydrogen-bond acceptors (Lipinski definition) is 3. The van der Waals surface area contributed by atoms with Gasteiger partial charge in [0.2, 0.25) is 0 Å². The normalized spacial score (nSPS) is 15.8. The Bertz CT molecular complexity index is 375. The zero-order chi connectivity index (χ0) is 13.6. The second kappa shape index (κ2) is 6.55. The molecule has 0 fully saturated rings. The molecular formula is C15H23NO2. The molecule has 0 amide bonds. The first kappa shape index (κ1) is 14.7. The summed E-state index contributed by atoms with van der Waals surface area (Å²) in [5, 5.41) is 0. The van der Waals surface area contributed by atoms with Crippen LogP contribution in [-0.2, 0) is 16.0 Å². The predicted molar refractivity (Wildman–Crippen MR) is 73.2 cm³/mol. The van der Waals surface area contributed by atoms with Crippen LogP contribution in [-0.4, -0.2) is 19.1 Å². The number of ether oxygens (including phenoxy) is 1. The average molecular weight is 249 g/mol. The number of nitrogens with two attached hydrogens (primary N) is 1. The van der Waals surface area contributed by atoms with E-state index < -0.39 is 0 Å². The first-order valence-corrected chi connectivity index (χ1v) is 6.34. The van der Waals surface area contributed by atoms with Crippen LogP contribution in [0.4, 0.5) is 0 Å². The van der Waals surface area contributed by atoms with Gasteiger partial charge in [0.15, 0.2) is 0 Å². The van der Waals surface area contributed by atoms with Gasteiger partial charge < -0.3 is 10.5 Å². The molecule has 100 valence electrons. The summed E-state index contributed by atoms with van der Waals surface area (Å²) >= 11 is 0. The molecule has 0 aliphatic heterocycles. The average Bonchev–Trinajstić information content (AvgIpc) is 2.37. The van der Waals surface area contributed by atoms with Gasteiger partial charge in [-0.15, -0.1) is 0 Å². The van der Waals surface area contributed by atoms with Gasteiger partial charge in [-0.2, -0.15) is 0 Å². The van der Waals surface area contributed by atoms with Crippen molar-refractivity contribution in [2.75, 3.05) is 7.11 Å². The third kappa shape index (κ3) is 4.15. The zero-order valence-corrected chi connectivity index (χ0v) is 11.5. The Labute approximate surface area is 109 Å². The Morgan fingerprint density at radius 1 is 1.39 bits per heavy atom. The van der Waals surface area contributed by atoms with Crippen molar-refractivity contribution in [2.45, 2.75) is 39.2 Å². The molecule has 0 aromatic heterocycles. The lowest BCUT2D eigenvalue weighted by Crippen LogP contribution is -2.39. The number of methoxy groups -OCH3 is 1. The van der Waals surface area contributed by atoms with Gasteiger partial charge in [-0.1, -0.05) is 37.3 Å². The van der Waals surface area contributed by atoms with Crippen LogP contribution in [0.15, 0.2) is 30.3 Å². The number of benzene rings is 1. The van der Waals surface area contributed by atoms with Crippen LogP contribution < -0.4 is 5.73 Å². The molecule has 0 saturated heterocycles. The Morgan fingerprint density at radius 2 is 2.00 bits per heavy atom. The van der Waals surface area contributed by atoms with E-state index in [9.17, 15) is 4.79 Å². The molecule has 0 saturated carbocycles. The molecule has 0 bridgehead atoms. The van der Waals surface area contributed by atoms with Crippen molar-refractivity contribution in [3.8, 4) is 0 Å². The third-order valence-electron chi connectivity index (χ3n) is 3.70. The molecule has 1 rings (SSSR count). The highest BCUT2D eigenvalue weighted by molar-refractivity contribution is 5.70. The van der Waals surface area contributed by atoms with E-state index in [2.05, 4.69) is 19.1 Å². The lowest BCUT2D eigenvalue weighted by Gasteiger charge is -2.32. The van der Waals surface area contributed by atoms with Crippen molar-refractivity contribution in [1.29, 1.82) is 0 Å². The van der Waals surface area contributed by atoms with Crippen LogP contribution in [0.3, 0.4) is 0 Å². The van der Waals surface area contributed by atoms with E-state index >= 15 is 0 Å². The van der Waals surface area contributed by atoms with Crippen molar-refractivity contribution in [3.05, 3.63) is 35.9 Å². The van der Waals surface area contributed by atoms with E-state index in [1.807, 2.05) is 25.1 Å². The molecule has 18 heavy (non-hydrogen) atoms. The molecule has 2 atom stereocenters. The maximum atomic E-state index is 11.5. The highest BCUT2D eigenvalue weighted by Gasteiger charge is 2.31. The highest BCUT2D eigenvalue weighted by atomic mass is 16.5. The molecule has 0 aliphatic rings. The molecule has 1 aromatic rings. The number of carbonyl (C=O) groups is 1. The first-order valence-electron chi connectivity index (χ1n) is 6.34. The van der Waals surface area contributed by atoms with Gasteiger partial charge >= 0.3 is 5.97 Å². The van der Waals surface area contributed by atoms with E-state index in [1.165, 1.54) is 12.7 Å². The van der Waals surface area contributed by atoms with Crippen LogP contribution in [0.25, 0.3) is 0 Å². The van der Waals surface area contributed by atoms with Crippen LogP contribution >= 0.6 is 0 Å². The largest absolute Gasteiger partial charge is 0.469 e. The van der Waals surface area contributed by atoms with E-state index in [0.29, 0.717) is 6.42 Å². The fourth-order valence-corrected chi connectivity index (χ4v) is 1.95. The van der Waals surface area contributed by atoms with Gasteiger partial charge in [0.05, 0.1) is 13.5 Å². The standard InChI is InChI=1S/C15H23NO2/c1-12(16)15(2,11-14(17)18-3)10-9-13-7-5-4-6-8-13/h4-8,12H,9-11,16H2,1-3H3. The van der Waals surface area contributed by atoms with Gasteiger partial charge in [0.1, 0.15) is 0 Å². The SMILES string of the molecule is COC(=O)CC(C)(CCc1ccccc1)C(C)N. The summed E-state index contributed by atoms with van der Waals surface area (Å²) in [6, 6.07) is 10.2. The quantitative estimate of drug-likeness (QED) is 0.788. The van der Waals surface area contributed by atoms with Crippen molar-refractivity contribution < 1.29 is 9.53 Å². The van der Waals surface area contributed by atoms with Gasteiger partial charge in [-0.3, -0.25) is 4.79 Å². The highest BCUT2D eigenvalue weighted by Crippen LogP contribution is 2.31. The summed E-state index contributed by atoms with van der Waals surface area (Å²) < 4.78 is 4.75. The molecule has 1 aromatic carbocycles. The monoisotopic (exact) mass is 249 g/mol. The Hall–Kier alpha value is -1.35. The smallest absolute Gasteiger partial charge is 0.306 e. The van der Waals surface area contributed by atoms with Gasteiger partial charge in [0.25, 0.3) is 0 Å². The molecule has 2 unspecified atom stereocenters. The summed E-state index contributed by atoms with van der Waals surface area (Å²) in [5.74, 6) is -0.192. The van der Waals surface area contributed by atoms with Crippen LogP contribution in [0.1, 0.15) is 32.3 Å². The molecule has 0 radical (unpaired) electrons. The van der Waals surface area contributed by atoms with Crippen LogP contribution in [0, 0.1) is 5.41 Å². The maximum absolute atomic E-state index is 11.5. The minimum Gasteiger partial charge on any atom is -0.469 e. The second-order valence-electron chi connectivity index (χ2n) is 5.18. The summed E-state index contributed by atoms with van der Waals surface area (Å²) in [6.07, 6.45) is 2.17. The Balaban J connectivity index is 2.65. The maximum Gasteiger partial charge on any atom is 0.306 e. The zero-order valence-electron chi connectivity index (χ0n) is 11.5. The predicted octanol–water partition coefficient (Wildman–Crippen LogP) is 2.54. The van der Waals surface area contributed by atoms with Crippen molar-refractivity contribution in [1.82, 2.24) is 0 Å². The lowest BCUT2D eigenvalue weighted by molar-refractivity contribution is -0.143. The van der Waals surface area contributed by atoms with Gasteiger partial charge in [0, 0.05) is 6.04 Å². The number of hydrogen-bond donors (Lipinski definition) is 1. The number of esters is 1. The fourth-order valence-electron chi connectivity index (χ4n) is 1.95. The lowest BCUT2D eigenvalue weighted by atomic mass is 9.76. The number of carbonyl (C=O) groups excluding carboxylic acids is 1. The Morgan fingerprint density at radius 3 is 2.50 bits per heavy atom.